The lowest BCUT2D eigenvalue weighted by Crippen LogP contribution is -2.42. The second kappa shape index (κ2) is 9.13. The Morgan fingerprint density at radius 2 is 1.86 bits per heavy atom. The summed E-state index contributed by atoms with van der Waals surface area (Å²) in [4.78, 5) is 46.1. The van der Waals surface area contributed by atoms with Crippen molar-refractivity contribution in [1.82, 2.24) is 14.8 Å². The third kappa shape index (κ3) is 4.50. The fraction of sp³-hybridized carbons (Fsp3) is 0.308. The number of fused-ring (bicyclic) bond motifs is 1. The molecule has 0 bridgehead atoms. The number of likely N-dealkylation sites (N-methyl/N-ethyl adjacent to an activating group) is 1. The third-order valence-corrected chi connectivity index (χ3v) is 6.49. The molecule has 1 fully saturated rings. The van der Waals surface area contributed by atoms with Gasteiger partial charge in [-0.3, -0.25) is 24.3 Å². The highest BCUT2D eigenvalue weighted by Gasteiger charge is 2.54. The Morgan fingerprint density at radius 3 is 2.54 bits per heavy atom. The highest BCUT2D eigenvalue weighted by molar-refractivity contribution is 6.10. The Hall–Kier alpha value is -3.75. The fourth-order valence-electron chi connectivity index (χ4n) is 4.62. The van der Waals surface area contributed by atoms with Gasteiger partial charge < -0.3 is 4.90 Å². The second-order valence-corrected chi connectivity index (χ2v) is 8.69. The van der Waals surface area contributed by atoms with Crippen LogP contribution in [-0.2, 0) is 32.5 Å². The summed E-state index contributed by atoms with van der Waals surface area (Å²) in [5, 5.41) is 0.867. The van der Waals surface area contributed by atoms with E-state index in [4.69, 9.17) is 0 Å². The van der Waals surface area contributed by atoms with Crippen LogP contribution < -0.4 is 0 Å². The number of benzene rings is 2. The molecular weight excluding hydrogens is 459 g/mol. The molecule has 0 unspecified atom stereocenters. The van der Waals surface area contributed by atoms with E-state index in [0.29, 0.717) is 0 Å². The van der Waals surface area contributed by atoms with Gasteiger partial charge in [-0.05, 0) is 36.2 Å². The highest BCUT2D eigenvalue weighted by Crippen LogP contribution is 2.42. The monoisotopic (exact) mass is 483 g/mol. The minimum Gasteiger partial charge on any atom is -0.341 e. The van der Waals surface area contributed by atoms with E-state index in [-0.39, 0.29) is 25.1 Å². The van der Waals surface area contributed by atoms with Crippen molar-refractivity contribution in [3.8, 4) is 0 Å². The Morgan fingerprint density at radius 1 is 1.11 bits per heavy atom. The minimum absolute atomic E-state index is 0.0118. The predicted molar refractivity (Wildman–Crippen MR) is 123 cm³/mol. The Kier molecular flexibility index (Phi) is 6.36. The van der Waals surface area contributed by atoms with E-state index >= 15 is 0 Å². The molecule has 4 rings (SSSR count). The Labute approximate surface area is 200 Å². The molecular formula is C26H24F3N3O3. The number of carbonyl (C=O) groups excluding carboxylic acids is 3. The van der Waals surface area contributed by atoms with Crippen LogP contribution in [0.2, 0.25) is 0 Å². The number of hydrogen-bond acceptors (Lipinski definition) is 4. The molecule has 0 saturated carbocycles. The summed E-state index contributed by atoms with van der Waals surface area (Å²) in [5.41, 5.74) is -1.02. The Balaban J connectivity index is 1.68. The molecule has 1 aromatic heterocycles. The number of rotatable bonds is 6. The zero-order valence-electron chi connectivity index (χ0n) is 19.3. The van der Waals surface area contributed by atoms with Crippen LogP contribution in [0.3, 0.4) is 0 Å². The SMILES string of the molecule is CCN1C(=O)C[C@@](CC(=O)N(C)Cc2cccc3ncccc23)(c2cccc(C(F)(F)F)c2)C1=O. The lowest BCUT2D eigenvalue weighted by atomic mass is 9.75. The first-order valence-corrected chi connectivity index (χ1v) is 11.2. The first-order chi connectivity index (χ1) is 16.6. The second-order valence-electron chi connectivity index (χ2n) is 8.69. The molecule has 1 aliphatic rings. The van der Waals surface area contributed by atoms with Gasteiger partial charge >= 0.3 is 6.18 Å². The van der Waals surface area contributed by atoms with E-state index < -0.39 is 41.3 Å². The minimum atomic E-state index is -4.63. The lowest BCUT2D eigenvalue weighted by Gasteiger charge is -2.29. The molecule has 35 heavy (non-hydrogen) atoms. The summed E-state index contributed by atoms with van der Waals surface area (Å²) >= 11 is 0. The zero-order valence-corrected chi connectivity index (χ0v) is 19.3. The van der Waals surface area contributed by atoms with E-state index in [9.17, 15) is 27.6 Å². The molecule has 182 valence electrons. The highest BCUT2D eigenvalue weighted by atomic mass is 19.4. The van der Waals surface area contributed by atoms with Crippen LogP contribution >= 0.6 is 0 Å². The molecule has 0 spiro atoms. The van der Waals surface area contributed by atoms with Crippen LogP contribution in [0.25, 0.3) is 10.9 Å². The molecule has 3 aromatic rings. The average molecular weight is 483 g/mol. The number of carbonyl (C=O) groups is 3. The maximum Gasteiger partial charge on any atom is 0.416 e. The van der Waals surface area contributed by atoms with Gasteiger partial charge in [0.1, 0.15) is 0 Å². The van der Waals surface area contributed by atoms with Gasteiger partial charge in [0.2, 0.25) is 17.7 Å². The van der Waals surface area contributed by atoms with Crippen molar-refractivity contribution < 1.29 is 27.6 Å². The molecule has 0 aliphatic carbocycles. The first kappa shape index (κ1) is 24.4. The van der Waals surface area contributed by atoms with E-state index in [0.717, 1.165) is 33.5 Å². The van der Waals surface area contributed by atoms with Crippen molar-refractivity contribution in [1.29, 1.82) is 0 Å². The number of amides is 3. The topological polar surface area (TPSA) is 70.6 Å². The summed E-state index contributed by atoms with van der Waals surface area (Å²) in [6.45, 7) is 1.89. The molecule has 1 atom stereocenters. The number of likely N-dealkylation sites (tertiary alicyclic amines) is 1. The zero-order chi connectivity index (χ0) is 25.4. The van der Waals surface area contributed by atoms with Crippen molar-refractivity contribution >= 4 is 28.6 Å². The van der Waals surface area contributed by atoms with Crippen LogP contribution in [0.5, 0.6) is 0 Å². The molecule has 0 radical (unpaired) electrons. The van der Waals surface area contributed by atoms with Gasteiger partial charge in [0, 0.05) is 44.6 Å². The van der Waals surface area contributed by atoms with Crippen LogP contribution in [0, 0.1) is 0 Å². The quantitative estimate of drug-likeness (QED) is 0.490. The standard InChI is InChI=1S/C26H24F3N3O3/c1-3-32-23(34)15-25(24(32)35,18-8-5-9-19(13-18)26(27,28)29)14-22(33)31(2)16-17-7-4-11-21-20(17)10-6-12-30-21/h4-13H,3,14-16H2,1-2H3/t25-/m0/s1. The normalized spacial score (nSPS) is 18.4. The van der Waals surface area contributed by atoms with Gasteiger partial charge in [0.05, 0.1) is 16.5 Å². The van der Waals surface area contributed by atoms with Gasteiger partial charge in [-0.1, -0.05) is 36.4 Å². The van der Waals surface area contributed by atoms with Crippen molar-refractivity contribution in [3.05, 3.63) is 77.5 Å². The summed E-state index contributed by atoms with van der Waals surface area (Å²) in [6, 6.07) is 13.6. The largest absolute Gasteiger partial charge is 0.416 e. The summed E-state index contributed by atoms with van der Waals surface area (Å²) in [6.07, 6.45) is -3.74. The van der Waals surface area contributed by atoms with Gasteiger partial charge in [-0.25, -0.2) is 0 Å². The molecule has 3 amide bonds. The van der Waals surface area contributed by atoms with E-state index in [1.807, 2.05) is 24.3 Å². The molecule has 2 heterocycles. The van der Waals surface area contributed by atoms with Gasteiger partial charge in [0.25, 0.3) is 0 Å². The van der Waals surface area contributed by atoms with E-state index in [1.54, 1.807) is 26.2 Å². The smallest absolute Gasteiger partial charge is 0.341 e. The maximum atomic E-state index is 13.4. The summed E-state index contributed by atoms with van der Waals surface area (Å²) < 4.78 is 40.2. The van der Waals surface area contributed by atoms with Crippen LogP contribution in [-0.4, -0.2) is 46.1 Å². The average Bonchev–Trinajstić information content (AvgIpc) is 3.08. The molecule has 9 heteroatoms. The van der Waals surface area contributed by atoms with Gasteiger partial charge in [0.15, 0.2) is 0 Å². The fourth-order valence-corrected chi connectivity index (χ4v) is 4.62. The molecule has 2 aromatic carbocycles. The third-order valence-electron chi connectivity index (χ3n) is 6.49. The van der Waals surface area contributed by atoms with Crippen LogP contribution in [0.1, 0.15) is 36.5 Å². The number of aromatic nitrogens is 1. The van der Waals surface area contributed by atoms with E-state index in [2.05, 4.69) is 4.98 Å². The number of hydrogen-bond donors (Lipinski definition) is 0. The maximum absolute atomic E-state index is 13.4. The number of alkyl halides is 3. The predicted octanol–water partition coefficient (Wildman–Crippen LogP) is 4.32. The van der Waals surface area contributed by atoms with Crippen molar-refractivity contribution in [2.24, 2.45) is 0 Å². The summed E-state index contributed by atoms with van der Waals surface area (Å²) in [7, 11) is 1.57. The number of halogens is 3. The van der Waals surface area contributed by atoms with Crippen molar-refractivity contribution in [2.75, 3.05) is 13.6 Å². The number of nitrogens with zero attached hydrogens (tertiary/aromatic N) is 3. The Bertz CT molecular complexity index is 1300. The van der Waals surface area contributed by atoms with Gasteiger partial charge in [-0.2, -0.15) is 13.2 Å². The lowest BCUT2D eigenvalue weighted by molar-refractivity contribution is -0.142. The number of imide groups is 1. The van der Waals surface area contributed by atoms with Crippen LogP contribution in [0.4, 0.5) is 13.2 Å². The molecule has 1 aliphatic heterocycles. The van der Waals surface area contributed by atoms with Crippen LogP contribution in [0.15, 0.2) is 60.8 Å². The molecule has 0 N–H and O–H groups in total. The van der Waals surface area contributed by atoms with E-state index in [1.165, 1.54) is 17.0 Å². The van der Waals surface area contributed by atoms with Crippen molar-refractivity contribution in [2.45, 2.75) is 37.9 Å². The first-order valence-electron chi connectivity index (χ1n) is 11.2. The number of pyridine rings is 1. The van der Waals surface area contributed by atoms with Crippen molar-refractivity contribution in [3.63, 3.8) is 0 Å². The summed E-state index contributed by atoms with van der Waals surface area (Å²) in [5.74, 6) is -1.62. The molecule has 6 nitrogen and oxygen atoms in total. The van der Waals surface area contributed by atoms with Gasteiger partial charge in [-0.15, -0.1) is 0 Å². The molecule has 1 saturated heterocycles.